The highest BCUT2D eigenvalue weighted by molar-refractivity contribution is 6.31. The zero-order chi connectivity index (χ0) is 8.55. The first-order valence-corrected chi connectivity index (χ1v) is 4.17. The molecule has 1 heterocycles. The molecule has 0 radical (unpaired) electrons. The summed E-state index contributed by atoms with van der Waals surface area (Å²) in [5.74, 6) is 0.124. The van der Waals surface area contributed by atoms with Crippen LogP contribution in [0.4, 0.5) is 0 Å². The zero-order valence-electron chi connectivity index (χ0n) is 6.43. The fraction of sp³-hybridized carbons (Fsp3) is 0.222. The molecule has 62 valence electrons. The van der Waals surface area contributed by atoms with Gasteiger partial charge in [0.15, 0.2) is 5.78 Å². The quantitative estimate of drug-likeness (QED) is 0.659. The summed E-state index contributed by atoms with van der Waals surface area (Å²) < 4.78 is 0. The van der Waals surface area contributed by atoms with E-state index < -0.39 is 0 Å². The lowest BCUT2D eigenvalue weighted by Gasteiger charge is -2.15. The Morgan fingerprint density at radius 3 is 3.00 bits per heavy atom. The monoisotopic (exact) mass is 181 g/mol. The van der Waals surface area contributed by atoms with Crippen molar-refractivity contribution in [3.05, 3.63) is 34.3 Å². The largest absolute Gasteiger partial charge is 0.306 e. The summed E-state index contributed by atoms with van der Waals surface area (Å²) in [6, 6.07) is 5.43. The molecule has 0 spiro atoms. The molecule has 0 unspecified atom stereocenters. The van der Waals surface area contributed by atoms with Crippen LogP contribution in [0.5, 0.6) is 0 Å². The van der Waals surface area contributed by atoms with Crippen molar-refractivity contribution in [3.8, 4) is 0 Å². The van der Waals surface area contributed by atoms with E-state index in [1.165, 1.54) is 0 Å². The fourth-order valence-corrected chi connectivity index (χ4v) is 1.54. The van der Waals surface area contributed by atoms with Gasteiger partial charge in [-0.05, 0) is 17.7 Å². The molecule has 1 N–H and O–H groups in total. The normalized spacial score (nSPS) is 15.9. The van der Waals surface area contributed by atoms with E-state index in [4.69, 9.17) is 11.6 Å². The number of nitrogens with one attached hydrogen (secondary N) is 1. The summed E-state index contributed by atoms with van der Waals surface area (Å²) in [5, 5.41) is 3.65. The number of hydrogen-bond donors (Lipinski definition) is 1. The van der Waals surface area contributed by atoms with E-state index in [-0.39, 0.29) is 5.78 Å². The fourth-order valence-electron chi connectivity index (χ4n) is 1.37. The van der Waals surface area contributed by atoms with Gasteiger partial charge in [-0.25, -0.2) is 0 Å². The summed E-state index contributed by atoms with van der Waals surface area (Å²) in [4.78, 5) is 11.3. The number of carbonyl (C=O) groups is 1. The number of benzene rings is 1. The molecule has 2 nitrogen and oxygen atoms in total. The number of rotatable bonds is 0. The number of hydrogen-bond acceptors (Lipinski definition) is 2. The standard InChI is InChI=1S/C9H8ClNO/c10-7-2-1-6-4-11-5-9(12)8(6)3-7/h1-3,11H,4-5H2. The molecular weight excluding hydrogens is 174 g/mol. The van der Waals surface area contributed by atoms with Crippen LogP contribution in [0.1, 0.15) is 15.9 Å². The van der Waals surface area contributed by atoms with Gasteiger partial charge in [-0.1, -0.05) is 17.7 Å². The van der Waals surface area contributed by atoms with E-state index in [0.717, 1.165) is 17.7 Å². The molecule has 2 rings (SSSR count). The van der Waals surface area contributed by atoms with Crippen LogP contribution in [0.2, 0.25) is 5.02 Å². The molecule has 1 aliphatic heterocycles. The molecule has 0 aliphatic carbocycles. The minimum atomic E-state index is 0.124. The van der Waals surface area contributed by atoms with Crippen molar-refractivity contribution in [1.29, 1.82) is 0 Å². The SMILES string of the molecule is O=C1CNCc2ccc(Cl)cc21. The highest BCUT2D eigenvalue weighted by atomic mass is 35.5. The van der Waals surface area contributed by atoms with Gasteiger partial charge in [-0.2, -0.15) is 0 Å². The van der Waals surface area contributed by atoms with Crippen molar-refractivity contribution in [1.82, 2.24) is 5.32 Å². The highest BCUT2D eigenvalue weighted by Gasteiger charge is 2.15. The van der Waals surface area contributed by atoms with Gasteiger partial charge < -0.3 is 5.32 Å². The second-order valence-corrected chi connectivity index (χ2v) is 3.26. The van der Waals surface area contributed by atoms with E-state index in [2.05, 4.69) is 5.32 Å². The van der Waals surface area contributed by atoms with Crippen LogP contribution in [0.25, 0.3) is 0 Å². The molecule has 0 saturated heterocycles. The Labute approximate surface area is 75.5 Å². The molecule has 1 aliphatic rings. The smallest absolute Gasteiger partial charge is 0.176 e. The molecule has 0 fully saturated rings. The Bertz CT molecular complexity index is 335. The lowest BCUT2D eigenvalue weighted by Crippen LogP contribution is -2.29. The van der Waals surface area contributed by atoms with Gasteiger partial charge in [-0.3, -0.25) is 4.79 Å². The van der Waals surface area contributed by atoms with Gasteiger partial charge in [0, 0.05) is 17.1 Å². The molecule has 1 aromatic carbocycles. The lowest BCUT2D eigenvalue weighted by molar-refractivity contribution is 0.0982. The van der Waals surface area contributed by atoms with Gasteiger partial charge in [0.25, 0.3) is 0 Å². The second-order valence-electron chi connectivity index (χ2n) is 2.83. The van der Waals surface area contributed by atoms with Crippen molar-refractivity contribution in [3.63, 3.8) is 0 Å². The average Bonchev–Trinajstić information content (AvgIpc) is 2.07. The van der Waals surface area contributed by atoms with Crippen LogP contribution in [-0.2, 0) is 6.54 Å². The third-order valence-electron chi connectivity index (χ3n) is 1.97. The Morgan fingerprint density at radius 1 is 1.33 bits per heavy atom. The van der Waals surface area contributed by atoms with Crippen molar-refractivity contribution in [2.24, 2.45) is 0 Å². The van der Waals surface area contributed by atoms with Crippen LogP contribution < -0.4 is 5.32 Å². The molecule has 3 heteroatoms. The Hall–Kier alpha value is -0.860. The summed E-state index contributed by atoms with van der Waals surface area (Å²) in [7, 11) is 0. The topological polar surface area (TPSA) is 29.1 Å². The number of carbonyl (C=O) groups excluding carboxylic acids is 1. The maximum Gasteiger partial charge on any atom is 0.176 e. The maximum absolute atomic E-state index is 11.3. The highest BCUT2D eigenvalue weighted by Crippen LogP contribution is 2.18. The average molecular weight is 182 g/mol. The lowest BCUT2D eigenvalue weighted by atomic mass is 10.0. The maximum atomic E-state index is 11.3. The van der Waals surface area contributed by atoms with Gasteiger partial charge in [0.2, 0.25) is 0 Å². The number of Topliss-reactive ketones (excluding diaryl/α,β-unsaturated/α-hetero) is 1. The predicted octanol–water partition coefficient (Wildman–Crippen LogP) is 1.63. The first kappa shape index (κ1) is 7.77. The van der Waals surface area contributed by atoms with Crippen LogP contribution in [0, 0.1) is 0 Å². The molecular formula is C9H8ClNO. The summed E-state index contributed by atoms with van der Waals surface area (Å²) >= 11 is 5.77. The Morgan fingerprint density at radius 2 is 2.17 bits per heavy atom. The minimum Gasteiger partial charge on any atom is -0.306 e. The Kier molecular flexibility index (Phi) is 1.87. The molecule has 0 saturated carbocycles. The molecule has 0 amide bonds. The second kappa shape index (κ2) is 2.88. The Balaban J connectivity index is 2.54. The number of ketones is 1. The first-order chi connectivity index (χ1) is 5.77. The van der Waals surface area contributed by atoms with E-state index in [0.29, 0.717) is 11.6 Å². The summed E-state index contributed by atoms with van der Waals surface area (Å²) in [6.07, 6.45) is 0. The predicted molar refractivity (Wildman–Crippen MR) is 47.5 cm³/mol. The van der Waals surface area contributed by atoms with Crippen LogP contribution in [0.15, 0.2) is 18.2 Å². The van der Waals surface area contributed by atoms with E-state index >= 15 is 0 Å². The molecule has 0 atom stereocenters. The molecule has 1 aromatic rings. The van der Waals surface area contributed by atoms with Gasteiger partial charge in [0.05, 0.1) is 6.54 Å². The van der Waals surface area contributed by atoms with Crippen molar-refractivity contribution < 1.29 is 4.79 Å². The summed E-state index contributed by atoms with van der Waals surface area (Å²) in [5.41, 5.74) is 1.80. The third-order valence-corrected chi connectivity index (χ3v) is 2.21. The molecule has 0 aromatic heterocycles. The summed E-state index contributed by atoms with van der Waals surface area (Å²) in [6.45, 7) is 1.19. The van der Waals surface area contributed by atoms with Gasteiger partial charge >= 0.3 is 0 Å². The van der Waals surface area contributed by atoms with Crippen LogP contribution in [0.3, 0.4) is 0 Å². The van der Waals surface area contributed by atoms with Crippen molar-refractivity contribution in [2.75, 3.05) is 6.54 Å². The number of halogens is 1. The minimum absolute atomic E-state index is 0.124. The van der Waals surface area contributed by atoms with Crippen LogP contribution in [-0.4, -0.2) is 12.3 Å². The van der Waals surface area contributed by atoms with E-state index in [9.17, 15) is 4.79 Å². The molecule has 0 bridgehead atoms. The zero-order valence-corrected chi connectivity index (χ0v) is 7.19. The van der Waals surface area contributed by atoms with Gasteiger partial charge in [-0.15, -0.1) is 0 Å². The van der Waals surface area contributed by atoms with Crippen LogP contribution >= 0.6 is 11.6 Å². The van der Waals surface area contributed by atoms with Crippen molar-refractivity contribution in [2.45, 2.75) is 6.54 Å². The third kappa shape index (κ3) is 1.24. The van der Waals surface area contributed by atoms with Gasteiger partial charge in [0.1, 0.15) is 0 Å². The van der Waals surface area contributed by atoms with E-state index in [1.807, 2.05) is 6.07 Å². The number of fused-ring (bicyclic) bond motifs is 1. The van der Waals surface area contributed by atoms with Crippen molar-refractivity contribution >= 4 is 17.4 Å². The molecule has 12 heavy (non-hydrogen) atoms. The van der Waals surface area contributed by atoms with E-state index in [1.54, 1.807) is 12.1 Å². The first-order valence-electron chi connectivity index (χ1n) is 3.80.